The van der Waals surface area contributed by atoms with E-state index in [2.05, 4.69) is 49.5 Å². The summed E-state index contributed by atoms with van der Waals surface area (Å²) in [5.74, 6) is 0.614. The van der Waals surface area contributed by atoms with Gasteiger partial charge in [-0.2, -0.15) is 0 Å². The first-order valence-corrected chi connectivity index (χ1v) is 6.01. The van der Waals surface area contributed by atoms with Gasteiger partial charge in [0.15, 0.2) is 0 Å². The van der Waals surface area contributed by atoms with E-state index in [-0.39, 0.29) is 0 Å². The van der Waals surface area contributed by atoms with Gasteiger partial charge in [0.25, 0.3) is 0 Å². The number of hydrogen-bond donors (Lipinski definition) is 1. The Morgan fingerprint density at radius 1 is 1.19 bits per heavy atom. The van der Waals surface area contributed by atoms with Gasteiger partial charge in [0, 0.05) is 13.2 Å². The van der Waals surface area contributed by atoms with Crippen molar-refractivity contribution in [3.05, 3.63) is 35.9 Å². The molecule has 1 N–H and O–H groups in total. The van der Waals surface area contributed by atoms with Crippen LogP contribution < -0.4 is 5.32 Å². The molecular formula is C14H23NO. The van der Waals surface area contributed by atoms with Gasteiger partial charge in [-0.25, -0.2) is 0 Å². The minimum absolute atomic E-state index is 0.438. The van der Waals surface area contributed by atoms with E-state index in [4.69, 9.17) is 4.74 Å². The maximum atomic E-state index is 5.08. The molecule has 90 valence electrons. The molecule has 0 aromatic heterocycles. The van der Waals surface area contributed by atoms with E-state index in [1.807, 2.05) is 0 Å². The molecule has 0 amide bonds. The van der Waals surface area contributed by atoms with Crippen LogP contribution in [-0.4, -0.2) is 26.3 Å². The Bertz CT molecular complexity index is 273. The van der Waals surface area contributed by atoms with Crippen molar-refractivity contribution >= 4 is 0 Å². The highest BCUT2D eigenvalue weighted by molar-refractivity contribution is 5.18. The zero-order valence-electron chi connectivity index (χ0n) is 10.6. The molecule has 0 radical (unpaired) electrons. The summed E-state index contributed by atoms with van der Waals surface area (Å²) in [6.45, 7) is 6.25. The van der Waals surface area contributed by atoms with Gasteiger partial charge in [-0.15, -0.1) is 0 Å². The van der Waals surface area contributed by atoms with Crippen molar-refractivity contribution in [2.24, 2.45) is 0 Å². The minimum atomic E-state index is 0.438. The number of benzene rings is 1. The summed E-state index contributed by atoms with van der Waals surface area (Å²) in [6, 6.07) is 11.1. The third kappa shape index (κ3) is 4.77. The van der Waals surface area contributed by atoms with Crippen LogP contribution in [0.4, 0.5) is 0 Å². The molecule has 0 aliphatic rings. The Balaban J connectivity index is 2.23. The van der Waals surface area contributed by atoms with E-state index in [1.54, 1.807) is 7.11 Å². The van der Waals surface area contributed by atoms with Crippen molar-refractivity contribution in [1.29, 1.82) is 0 Å². The zero-order valence-corrected chi connectivity index (χ0v) is 10.6. The molecule has 2 nitrogen and oxygen atoms in total. The fraction of sp³-hybridized carbons (Fsp3) is 0.571. The van der Waals surface area contributed by atoms with E-state index in [9.17, 15) is 0 Å². The molecule has 1 aromatic carbocycles. The zero-order chi connectivity index (χ0) is 11.8. The van der Waals surface area contributed by atoms with Gasteiger partial charge in [0.2, 0.25) is 0 Å². The van der Waals surface area contributed by atoms with Gasteiger partial charge < -0.3 is 10.1 Å². The maximum absolute atomic E-state index is 5.08. The molecule has 0 fully saturated rings. The average molecular weight is 221 g/mol. The molecule has 16 heavy (non-hydrogen) atoms. The molecule has 0 spiro atoms. The first kappa shape index (κ1) is 13.2. The molecule has 1 rings (SSSR count). The second-order valence-corrected chi connectivity index (χ2v) is 4.41. The second-order valence-electron chi connectivity index (χ2n) is 4.41. The summed E-state index contributed by atoms with van der Waals surface area (Å²) in [6.07, 6.45) is 1.16. The summed E-state index contributed by atoms with van der Waals surface area (Å²) in [5, 5.41) is 3.46. The normalized spacial score (nSPS) is 14.7. The Morgan fingerprint density at radius 3 is 2.50 bits per heavy atom. The number of nitrogens with one attached hydrogen (secondary N) is 1. The van der Waals surface area contributed by atoms with E-state index in [0.29, 0.717) is 12.0 Å². The Labute approximate surface area is 99.0 Å². The van der Waals surface area contributed by atoms with Gasteiger partial charge in [-0.3, -0.25) is 0 Å². The van der Waals surface area contributed by atoms with Crippen LogP contribution in [0.15, 0.2) is 30.3 Å². The quantitative estimate of drug-likeness (QED) is 0.764. The fourth-order valence-corrected chi connectivity index (χ4v) is 1.80. The van der Waals surface area contributed by atoms with Crippen LogP contribution in [0.2, 0.25) is 0 Å². The highest BCUT2D eigenvalue weighted by Gasteiger charge is 2.05. The van der Waals surface area contributed by atoms with Crippen LogP contribution in [0.1, 0.15) is 31.7 Å². The van der Waals surface area contributed by atoms with Crippen molar-refractivity contribution in [2.45, 2.75) is 32.2 Å². The van der Waals surface area contributed by atoms with Gasteiger partial charge in [-0.1, -0.05) is 37.3 Å². The molecule has 0 saturated heterocycles. The fourth-order valence-electron chi connectivity index (χ4n) is 1.80. The van der Waals surface area contributed by atoms with Crippen LogP contribution >= 0.6 is 0 Å². The van der Waals surface area contributed by atoms with E-state index in [1.165, 1.54) is 5.56 Å². The topological polar surface area (TPSA) is 21.3 Å². The molecule has 0 aliphatic carbocycles. The van der Waals surface area contributed by atoms with Gasteiger partial charge >= 0.3 is 0 Å². The molecule has 0 saturated carbocycles. The number of hydrogen-bond acceptors (Lipinski definition) is 2. The van der Waals surface area contributed by atoms with E-state index >= 15 is 0 Å². The van der Waals surface area contributed by atoms with Crippen molar-refractivity contribution < 1.29 is 4.74 Å². The van der Waals surface area contributed by atoms with Crippen LogP contribution in [0, 0.1) is 0 Å². The Hall–Kier alpha value is -0.860. The average Bonchev–Trinajstić information content (AvgIpc) is 2.30. The third-order valence-corrected chi connectivity index (χ3v) is 2.86. The van der Waals surface area contributed by atoms with Crippen molar-refractivity contribution in [3.8, 4) is 0 Å². The standard InChI is InChI=1S/C14H23NO/c1-12(14-7-5-4-6-8-14)9-10-15-13(2)11-16-3/h4-8,12-13,15H,9-11H2,1-3H3. The smallest absolute Gasteiger partial charge is 0.0613 e. The second kappa shape index (κ2) is 7.42. The largest absolute Gasteiger partial charge is 0.383 e. The summed E-state index contributed by atoms with van der Waals surface area (Å²) < 4.78 is 5.08. The lowest BCUT2D eigenvalue weighted by Gasteiger charge is -2.16. The monoisotopic (exact) mass is 221 g/mol. The molecular weight excluding hydrogens is 198 g/mol. The lowest BCUT2D eigenvalue weighted by Crippen LogP contribution is -2.31. The van der Waals surface area contributed by atoms with Crippen LogP contribution in [0.25, 0.3) is 0 Å². The van der Waals surface area contributed by atoms with E-state index < -0.39 is 0 Å². The highest BCUT2D eigenvalue weighted by atomic mass is 16.5. The molecule has 2 heteroatoms. The summed E-state index contributed by atoms with van der Waals surface area (Å²) >= 11 is 0. The number of rotatable bonds is 7. The molecule has 2 atom stereocenters. The van der Waals surface area contributed by atoms with E-state index in [0.717, 1.165) is 19.6 Å². The summed E-state index contributed by atoms with van der Waals surface area (Å²) in [7, 11) is 1.74. The first-order chi connectivity index (χ1) is 7.74. The minimum Gasteiger partial charge on any atom is -0.383 e. The lowest BCUT2D eigenvalue weighted by atomic mass is 9.98. The van der Waals surface area contributed by atoms with Gasteiger partial charge in [0.1, 0.15) is 0 Å². The molecule has 0 aliphatic heterocycles. The van der Waals surface area contributed by atoms with Crippen molar-refractivity contribution in [2.75, 3.05) is 20.3 Å². The number of ether oxygens (including phenoxy) is 1. The maximum Gasteiger partial charge on any atom is 0.0613 e. The Morgan fingerprint density at radius 2 is 1.88 bits per heavy atom. The summed E-state index contributed by atoms with van der Waals surface area (Å²) in [4.78, 5) is 0. The van der Waals surface area contributed by atoms with Crippen LogP contribution in [0.3, 0.4) is 0 Å². The molecule has 0 heterocycles. The third-order valence-electron chi connectivity index (χ3n) is 2.86. The summed E-state index contributed by atoms with van der Waals surface area (Å²) in [5.41, 5.74) is 1.42. The van der Waals surface area contributed by atoms with Crippen molar-refractivity contribution in [1.82, 2.24) is 5.32 Å². The van der Waals surface area contributed by atoms with Crippen molar-refractivity contribution in [3.63, 3.8) is 0 Å². The van der Waals surface area contributed by atoms with Gasteiger partial charge in [-0.05, 0) is 31.4 Å². The SMILES string of the molecule is COCC(C)NCCC(C)c1ccccc1. The van der Waals surface area contributed by atoms with Gasteiger partial charge in [0.05, 0.1) is 6.61 Å². The molecule has 1 aromatic rings. The molecule has 0 bridgehead atoms. The Kier molecular flexibility index (Phi) is 6.12. The number of methoxy groups -OCH3 is 1. The first-order valence-electron chi connectivity index (χ1n) is 6.01. The highest BCUT2D eigenvalue weighted by Crippen LogP contribution is 2.17. The molecule has 2 unspecified atom stereocenters. The van der Waals surface area contributed by atoms with Crippen LogP contribution in [-0.2, 0) is 4.74 Å². The van der Waals surface area contributed by atoms with Crippen LogP contribution in [0.5, 0.6) is 0 Å². The predicted octanol–water partition coefficient (Wildman–Crippen LogP) is 2.80. The lowest BCUT2D eigenvalue weighted by molar-refractivity contribution is 0.172. The predicted molar refractivity (Wildman–Crippen MR) is 68.8 cm³/mol.